The van der Waals surface area contributed by atoms with Gasteiger partial charge in [0.2, 0.25) is 0 Å². The van der Waals surface area contributed by atoms with E-state index in [2.05, 4.69) is 0 Å². The second-order valence-electron chi connectivity index (χ2n) is 8.26. The molecule has 0 N–H and O–H groups in total. The van der Waals surface area contributed by atoms with Crippen molar-refractivity contribution in [1.82, 2.24) is 9.80 Å². The van der Waals surface area contributed by atoms with Crippen molar-refractivity contribution in [2.24, 2.45) is 5.92 Å². The number of fused-ring (bicyclic) bond motifs is 1. The molecule has 1 saturated carbocycles. The molecule has 29 heavy (non-hydrogen) atoms. The van der Waals surface area contributed by atoms with Gasteiger partial charge in [0.15, 0.2) is 11.5 Å². The van der Waals surface area contributed by atoms with E-state index in [4.69, 9.17) is 21.1 Å². The summed E-state index contributed by atoms with van der Waals surface area (Å²) in [5.74, 6) is 0.456. The standard InChI is InChI=1S/C22H27ClN2O4/c1-24(2)9-10-25-19(13-5-4-6-15(11-13)28-3)18-20(26)16-12-14(23)7-8-17(16)29-21(18)22(25)27/h4-6,11,14,16-17,19H,7-10,12H2,1-3H3. The predicted molar refractivity (Wildman–Crippen MR) is 110 cm³/mol. The number of ketones is 1. The normalized spacial score (nSPS) is 29.1. The third-order valence-corrected chi connectivity index (χ3v) is 6.47. The molecule has 1 fully saturated rings. The van der Waals surface area contributed by atoms with Crippen LogP contribution in [0.3, 0.4) is 0 Å². The number of ether oxygens (including phenoxy) is 2. The Morgan fingerprint density at radius 2 is 2.07 bits per heavy atom. The lowest BCUT2D eigenvalue weighted by atomic mass is 9.77. The number of benzene rings is 1. The van der Waals surface area contributed by atoms with Crippen LogP contribution in [0.25, 0.3) is 0 Å². The SMILES string of the molecule is COc1cccc(C2C3=C(OC4CCC(Cl)CC4C3=O)C(=O)N2CCN(C)C)c1. The Hall–Kier alpha value is -2.05. The van der Waals surface area contributed by atoms with E-state index in [1.807, 2.05) is 43.3 Å². The third-order valence-electron chi connectivity index (χ3n) is 6.08. The second kappa shape index (κ2) is 8.00. The molecular weight excluding hydrogens is 392 g/mol. The Kier molecular flexibility index (Phi) is 5.58. The Morgan fingerprint density at radius 1 is 1.28 bits per heavy atom. The molecule has 0 saturated heterocycles. The van der Waals surface area contributed by atoms with Crippen LogP contribution in [-0.2, 0) is 14.3 Å². The lowest BCUT2D eigenvalue weighted by Crippen LogP contribution is -2.41. The first kappa shape index (κ1) is 20.2. The number of nitrogens with zero attached hydrogens (tertiary/aromatic N) is 2. The number of carbonyl (C=O) groups is 2. The highest BCUT2D eigenvalue weighted by atomic mass is 35.5. The van der Waals surface area contributed by atoms with Gasteiger partial charge in [0.25, 0.3) is 5.91 Å². The van der Waals surface area contributed by atoms with Gasteiger partial charge in [0.05, 0.1) is 24.6 Å². The second-order valence-corrected chi connectivity index (χ2v) is 8.88. The molecule has 156 valence electrons. The van der Waals surface area contributed by atoms with Gasteiger partial charge in [-0.1, -0.05) is 12.1 Å². The zero-order chi connectivity index (χ0) is 20.7. The number of rotatable bonds is 5. The third kappa shape index (κ3) is 3.64. The summed E-state index contributed by atoms with van der Waals surface area (Å²) in [6, 6.07) is 7.10. The van der Waals surface area contributed by atoms with Crippen LogP contribution in [-0.4, -0.2) is 67.3 Å². The van der Waals surface area contributed by atoms with Crippen LogP contribution < -0.4 is 4.74 Å². The predicted octanol–water partition coefficient (Wildman–Crippen LogP) is 2.77. The van der Waals surface area contributed by atoms with Crippen LogP contribution in [0.5, 0.6) is 5.75 Å². The number of hydrogen-bond acceptors (Lipinski definition) is 5. The molecule has 1 aromatic carbocycles. The lowest BCUT2D eigenvalue weighted by Gasteiger charge is -2.37. The monoisotopic (exact) mass is 418 g/mol. The van der Waals surface area contributed by atoms with E-state index < -0.39 is 6.04 Å². The van der Waals surface area contributed by atoms with Crippen molar-refractivity contribution in [1.29, 1.82) is 0 Å². The minimum absolute atomic E-state index is 0.00937. The van der Waals surface area contributed by atoms with Gasteiger partial charge in [0, 0.05) is 18.5 Å². The van der Waals surface area contributed by atoms with E-state index in [1.165, 1.54) is 0 Å². The molecule has 1 amide bonds. The number of amides is 1. The Labute approximate surface area is 176 Å². The summed E-state index contributed by atoms with van der Waals surface area (Å²) in [5.41, 5.74) is 1.34. The zero-order valence-corrected chi connectivity index (χ0v) is 17.8. The average molecular weight is 419 g/mol. The summed E-state index contributed by atoms with van der Waals surface area (Å²) in [6.45, 7) is 1.20. The van der Waals surface area contributed by atoms with Crippen molar-refractivity contribution >= 4 is 23.3 Å². The van der Waals surface area contributed by atoms with Crippen molar-refractivity contribution in [3.05, 3.63) is 41.2 Å². The number of hydrogen-bond donors (Lipinski definition) is 0. The molecule has 4 unspecified atom stereocenters. The van der Waals surface area contributed by atoms with Crippen molar-refractivity contribution < 1.29 is 19.1 Å². The first-order valence-corrected chi connectivity index (χ1v) is 10.5. The summed E-state index contributed by atoms with van der Waals surface area (Å²) in [6.07, 6.45) is 1.85. The summed E-state index contributed by atoms with van der Waals surface area (Å²) < 4.78 is 11.5. The minimum Gasteiger partial charge on any atom is -0.497 e. The highest BCUT2D eigenvalue weighted by Gasteiger charge is 2.52. The van der Waals surface area contributed by atoms with Crippen LogP contribution in [0.1, 0.15) is 30.9 Å². The van der Waals surface area contributed by atoms with Crippen molar-refractivity contribution in [2.75, 3.05) is 34.3 Å². The van der Waals surface area contributed by atoms with Crippen molar-refractivity contribution in [3.8, 4) is 5.75 Å². The molecule has 4 rings (SSSR count). The fourth-order valence-corrected chi connectivity index (χ4v) is 4.88. The summed E-state index contributed by atoms with van der Waals surface area (Å²) in [4.78, 5) is 30.6. The molecule has 2 heterocycles. The molecule has 0 spiro atoms. The van der Waals surface area contributed by atoms with Crippen LogP contribution in [0.15, 0.2) is 35.6 Å². The summed E-state index contributed by atoms with van der Waals surface area (Å²) in [7, 11) is 5.53. The smallest absolute Gasteiger partial charge is 0.290 e. The average Bonchev–Trinajstić information content (AvgIpc) is 2.99. The number of likely N-dealkylation sites (N-methyl/N-ethyl adjacent to an activating group) is 1. The minimum atomic E-state index is -0.461. The van der Waals surface area contributed by atoms with Gasteiger partial charge >= 0.3 is 0 Å². The van der Waals surface area contributed by atoms with E-state index in [0.717, 1.165) is 12.0 Å². The summed E-state index contributed by atoms with van der Waals surface area (Å²) >= 11 is 6.36. The quantitative estimate of drug-likeness (QED) is 0.688. The molecule has 0 aromatic heterocycles. The number of carbonyl (C=O) groups excluding carboxylic acids is 2. The molecule has 0 radical (unpaired) electrons. The zero-order valence-electron chi connectivity index (χ0n) is 17.1. The number of halogens is 1. The van der Waals surface area contributed by atoms with Crippen molar-refractivity contribution in [3.63, 3.8) is 0 Å². The van der Waals surface area contributed by atoms with Gasteiger partial charge in [-0.2, -0.15) is 0 Å². The van der Waals surface area contributed by atoms with E-state index in [-0.39, 0.29) is 34.8 Å². The fraction of sp³-hybridized carbons (Fsp3) is 0.545. The molecule has 1 aliphatic carbocycles. The molecular formula is C22H27ClN2O4. The molecule has 7 heteroatoms. The molecule has 3 aliphatic rings. The maximum atomic E-state index is 13.5. The van der Waals surface area contributed by atoms with Gasteiger partial charge in [-0.3, -0.25) is 9.59 Å². The Balaban J connectivity index is 1.76. The van der Waals surface area contributed by atoms with Crippen LogP contribution in [0, 0.1) is 5.92 Å². The van der Waals surface area contributed by atoms with E-state index in [1.54, 1.807) is 12.0 Å². The maximum absolute atomic E-state index is 13.5. The van der Waals surface area contributed by atoms with Gasteiger partial charge in [0.1, 0.15) is 11.9 Å². The number of methoxy groups -OCH3 is 1. The number of alkyl halides is 1. The number of Topliss-reactive ketones (excluding diaryl/α,β-unsaturated/α-hetero) is 1. The molecule has 0 bridgehead atoms. The van der Waals surface area contributed by atoms with Crippen LogP contribution in [0.4, 0.5) is 0 Å². The maximum Gasteiger partial charge on any atom is 0.290 e. The van der Waals surface area contributed by atoms with Crippen molar-refractivity contribution in [2.45, 2.75) is 36.8 Å². The highest BCUT2D eigenvalue weighted by Crippen LogP contribution is 2.47. The molecule has 4 atom stereocenters. The fourth-order valence-electron chi connectivity index (χ4n) is 4.56. The summed E-state index contributed by atoms with van der Waals surface area (Å²) in [5, 5.41) is -0.0248. The van der Waals surface area contributed by atoms with Gasteiger partial charge in [-0.25, -0.2) is 0 Å². The van der Waals surface area contributed by atoms with E-state index in [0.29, 0.717) is 37.3 Å². The van der Waals surface area contributed by atoms with Crippen LogP contribution >= 0.6 is 11.6 Å². The van der Waals surface area contributed by atoms with Gasteiger partial charge in [-0.15, -0.1) is 11.6 Å². The molecule has 6 nitrogen and oxygen atoms in total. The van der Waals surface area contributed by atoms with Crippen LogP contribution in [0.2, 0.25) is 0 Å². The van der Waals surface area contributed by atoms with E-state index >= 15 is 0 Å². The Bertz CT molecular complexity index is 853. The van der Waals surface area contributed by atoms with Gasteiger partial charge in [-0.05, 0) is 51.1 Å². The topological polar surface area (TPSA) is 59.1 Å². The highest BCUT2D eigenvalue weighted by molar-refractivity contribution is 6.21. The molecule has 1 aromatic rings. The first-order valence-electron chi connectivity index (χ1n) is 10.1. The largest absolute Gasteiger partial charge is 0.497 e. The van der Waals surface area contributed by atoms with Gasteiger partial charge < -0.3 is 19.3 Å². The lowest BCUT2D eigenvalue weighted by molar-refractivity contribution is -0.135. The Morgan fingerprint density at radius 3 is 2.79 bits per heavy atom. The van der Waals surface area contributed by atoms with E-state index in [9.17, 15) is 9.59 Å². The first-order chi connectivity index (χ1) is 13.9. The molecule has 2 aliphatic heterocycles.